The first kappa shape index (κ1) is 19.2. The number of fused-ring (bicyclic) bond motifs is 3. The van der Waals surface area contributed by atoms with Crippen molar-refractivity contribution in [3.63, 3.8) is 0 Å². The number of hydrogen-bond acceptors (Lipinski definition) is 5. The van der Waals surface area contributed by atoms with Crippen LogP contribution in [0.4, 0.5) is 5.69 Å². The molecule has 0 radical (unpaired) electrons. The lowest BCUT2D eigenvalue weighted by Gasteiger charge is -2.26. The molecular formula is C23H20N2O3S2. The Balaban J connectivity index is 1.25. The van der Waals surface area contributed by atoms with E-state index in [4.69, 9.17) is 4.74 Å². The molecule has 5 nitrogen and oxygen atoms in total. The molecule has 0 unspecified atom stereocenters. The van der Waals surface area contributed by atoms with Gasteiger partial charge in [0.05, 0.1) is 29.2 Å². The highest BCUT2D eigenvalue weighted by Crippen LogP contribution is 2.39. The molecule has 0 bridgehead atoms. The summed E-state index contributed by atoms with van der Waals surface area (Å²) in [5.74, 6) is 0.00518. The van der Waals surface area contributed by atoms with Crippen LogP contribution in [-0.2, 0) is 16.0 Å². The van der Waals surface area contributed by atoms with Crippen molar-refractivity contribution in [2.45, 2.75) is 6.42 Å². The van der Waals surface area contributed by atoms with E-state index in [2.05, 4.69) is 17.4 Å². The maximum Gasteiger partial charge on any atom is 0.265 e. The van der Waals surface area contributed by atoms with E-state index in [0.717, 1.165) is 20.7 Å². The fourth-order valence-electron chi connectivity index (χ4n) is 3.61. The molecule has 0 aliphatic carbocycles. The number of hydrogen-bond donors (Lipinski definition) is 1. The molecule has 1 N–H and O–H groups in total. The van der Waals surface area contributed by atoms with E-state index in [0.29, 0.717) is 37.6 Å². The molecule has 0 atom stereocenters. The van der Waals surface area contributed by atoms with Crippen LogP contribution in [0, 0.1) is 0 Å². The fraction of sp³-hybridized carbons (Fsp3) is 0.217. The summed E-state index contributed by atoms with van der Waals surface area (Å²) in [5.41, 5.74) is 1.66. The Labute approximate surface area is 181 Å². The topological polar surface area (TPSA) is 58.6 Å². The van der Waals surface area contributed by atoms with Crippen molar-refractivity contribution in [2.24, 2.45) is 0 Å². The summed E-state index contributed by atoms with van der Waals surface area (Å²) < 4.78 is 8.84. The highest BCUT2D eigenvalue weighted by molar-refractivity contribution is 7.33. The van der Waals surface area contributed by atoms with Crippen LogP contribution >= 0.6 is 22.7 Å². The molecule has 2 aromatic heterocycles. The first-order chi connectivity index (χ1) is 14.7. The van der Waals surface area contributed by atoms with Gasteiger partial charge >= 0.3 is 0 Å². The molecule has 152 valence electrons. The van der Waals surface area contributed by atoms with Crippen molar-refractivity contribution in [3.05, 3.63) is 65.0 Å². The zero-order valence-electron chi connectivity index (χ0n) is 16.2. The number of morpholine rings is 1. The SMILES string of the molecule is O=C(Nc1ccc(CC(=O)N2CCOCC2)cc1)c1cc2sc3ccccc3c2s1. The van der Waals surface area contributed by atoms with E-state index in [9.17, 15) is 9.59 Å². The minimum absolute atomic E-state index is 0.107. The zero-order valence-corrected chi connectivity index (χ0v) is 17.9. The number of amides is 2. The number of benzene rings is 2. The monoisotopic (exact) mass is 436 g/mol. The fourth-order valence-corrected chi connectivity index (χ4v) is 6.03. The molecule has 4 aromatic rings. The summed E-state index contributed by atoms with van der Waals surface area (Å²) in [6.45, 7) is 2.51. The summed E-state index contributed by atoms with van der Waals surface area (Å²) in [7, 11) is 0. The molecule has 1 aliphatic heterocycles. The van der Waals surface area contributed by atoms with E-state index in [-0.39, 0.29) is 11.8 Å². The summed E-state index contributed by atoms with van der Waals surface area (Å²) in [4.78, 5) is 27.6. The number of rotatable bonds is 4. The van der Waals surface area contributed by atoms with E-state index in [1.165, 1.54) is 21.4 Å². The smallest absolute Gasteiger partial charge is 0.265 e. The van der Waals surface area contributed by atoms with Gasteiger partial charge in [0.2, 0.25) is 5.91 Å². The summed E-state index contributed by atoms with van der Waals surface area (Å²) in [6, 6.07) is 17.7. The number of carbonyl (C=O) groups is 2. The number of thiophene rings is 2. The molecular weight excluding hydrogens is 416 g/mol. The van der Waals surface area contributed by atoms with Crippen molar-refractivity contribution >= 4 is 59.7 Å². The van der Waals surface area contributed by atoms with Crippen molar-refractivity contribution in [3.8, 4) is 0 Å². The van der Waals surface area contributed by atoms with Crippen LogP contribution in [0.25, 0.3) is 19.5 Å². The van der Waals surface area contributed by atoms with Gasteiger partial charge in [-0.25, -0.2) is 0 Å². The standard InChI is InChI=1S/C23H20N2O3S2/c26-21(25-9-11-28-12-10-25)13-15-5-7-16(8-6-15)24-23(27)20-14-19-22(30-20)17-3-1-2-4-18(17)29-19/h1-8,14H,9-13H2,(H,24,27). The zero-order chi connectivity index (χ0) is 20.5. The van der Waals surface area contributed by atoms with Crippen molar-refractivity contribution < 1.29 is 14.3 Å². The van der Waals surface area contributed by atoms with E-state index in [1.807, 2.05) is 47.4 Å². The Morgan fingerprint density at radius 2 is 1.73 bits per heavy atom. The minimum Gasteiger partial charge on any atom is -0.378 e. The van der Waals surface area contributed by atoms with Gasteiger partial charge in [0, 0.05) is 33.6 Å². The van der Waals surface area contributed by atoms with E-state index < -0.39 is 0 Å². The van der Waals surface area contributed by atoms with Crippen LogP contribution in [0.1, 0.15) is 15.2 Å². The van der Waals surface area contributed by atoms with Crippen LogP contribution in [0.2, 0.25) is 0 Å². The molecule has 0 saturated carbocycles. The van der Waals surface area contributed by atoms with Gasteiger partial charge in [-0.1, -0.05) is 30.3 Å². The molecule has 3 heterocycles. The van der Waals surface area contributed by atoms with Gasteiger partial charge in [0.15, 0.2) is 0 Å². The molecule has 1 fully saturated rings. The second-order valence-corrected chi connectivity index (χ2v) is 9.36. The third-order valence-corrected chi connectivity index (χ3v) is 7.62. The third-order valence-electron chi connectivity index (χ3n) is 5.20. The van der Waals surface area contributed by atoms with Gasteiger partial charge in [-0.3, -0.25) is 9.59 Å². The average molecular weight is 437 g/mol. The number of ether oxygens (including phenoxy) is 1. The number of nitrogens with one attached hydrogen (secondary N) is 1. The summed E-state index contributed by atoms with van der Waals surface area (Å²) >= 11 is 3.24. The van der Waals surface area contributed by atoms with Crippen molar-refractivity contribution in [1.29, 1.82) is 0 Å². The summed E-state index contributed by atoms with van der Waals surface area (Å²) in [6.07, 6.45) is 0.364. The number of anilines is 1. The molecule has 1 aliphatic rings. The summed E-state index contributed by atoms with van der Waals surface area (Å²) in [5, 5.41) is 4.17. The van der Waals surface area contributed by atoms with Crippen LogP contribution in [-0.4, -0.2) is 43.0 Å². The Kier molecular flexibility index (Phi) is 5.25. The van der Waals surface area contributed by atoms with E-state index in [1.54, 1.807) is 11.3 Å². The maximum absolute atomic E-state index is 12.7. The lowest BCUT2D eigenvalue weighted by atomic mass is 10.1. The van der Waals surface area contributed by atoms with Crippen LogP contribution < -0.4 is 5.32 Å². The average Bonchev–Trinajstić information content (AvgIpc) is 3.34. The van der Waals surface area contributed by atoms with Crippen LogP contribution in [0.3, 0.4) is 0 Å². The van der Waals surface area contributed by atoms with Crippen LogP contribution in [0.5, 0.6) is 0 Å². The maximum atomic E-state index is 12.7. The highest BCUT2D eigenvalue weighted by Gasteiger charge is 2.17. The number of carbonyl (C=O) groups excluding carboxylic acids is 2. The quantitative estimate of drug-likeness (QED) is 0.501. The van der Waals surface area contributed by atoms with Gasteiger partial charge < -0.3 is 15.0 Å². The van der Waals surface area contributed by atoms with Gasteiger partial charge in [-0.2, -0.15) is 0 Å². The highest BCUT2D eigenvalue weighted by atomic mass is 32.1. The van der Waals surface area contributed by atoms with Crippen molar-refractivity contribution in [2.75, 3.05) is 31.6 Å². The van der Waals surface area contributed by atoms with Gasteiger partial charge in [-0.15, -0.1) is 22.7 Å². The predicted octanol–water partition coefficient (Wildman–Crippen LogP) is 4.77. The molecule has 1 saturated heterocycles. The molecule has 0 spiro atoms. The lowest BCUT2D eigenvalue weighted by molar-refractivity contribution is -0.134. The normalized spacial score (nSPS) is 14.3. The Morgan fingerprint density at radius 3 is 2.53 bits per heavy atom. The number of nitrogens with zero attached hydrogens (tertiary/aromatic N) is 1. The van der Waals surface area contributed by atoms with Crippen LogP contribution in [0.15, 0.2) is 54.6 Å². The van der Waals surface area contributed by atoms with Crippen molar-refractivity contribution in [1.82, 2.24) is 4.90 Å². The first-order valence-electron chi connectivity index (χ1n) is 9.84. The van der Waals surface area contributed by atoms with Gasteiger partial charge in [0.1, 0.15) is 0 Å². The Morgan fingerprint density at radius 1 is 0.967 bits per heavy atom. The predicted molar refractivity (Wildman–Crippen MR) is 123 cm³/mol. The van der Waals surface area contributed by atoms with Gasteiger partial charge in [0.25, 0.3) is 5.91 Å². The Hall–Kier alpha value is -2.74. The molecule has 2 aromatic carbocycles. The first-order valence-corrected chi connectivity index (χ1v) is 11.5. The minimum atomic E-state index is -0.107. The Bertz CT molecular complexity index is 1220. The second kappa shape index (κ2) is 8.18. The third kappa shape index (κ3) is 3.84. The molecule has 2 amide bonds. The van der Waals surface area contributed by atoms with Gasteiger partial charge in [-0.05, 0) is 29.8 Å². The lowest BCUT2D eigenvalue weighted by Crippen LogP contribution is -2.41. The second-order valence-electron chi connectivity index (χ2n) is 7.22. The molecule has 30 heavy (non-hydrogen) atoms. The molecule has 7 heteroatoms. The van der Waals surface area contributed by atoms with E-state index >= 15 is 0 Å². The molecule has 5 rings (SSSR count). The largest absolute Gasteiger partial charge is 0.378 e.